The molecule has 0 amide bonds. The standard InChI is InChI=1S/C17H35NO2/c1-4-5-6-7-8-12-20-16-10-9-11-17(13-16,14-19)18-15(2)3/h15-16,18-19H,4-14H2,1-3H3. The van der Waals surface area contributed by atoms with Gasteiger partial charge in [-0.15, -0.1) is 0 Å². The molecule has 120 valence electrons. The molecule has 1 saturated carbocycles. The van der Waals surface area contributed by atoms with Crippen molar-refractivity contribution in [1.82, 2.24) is 5.32 Å². The van der Waals surface area contributed by atoms with Crippen molar-refractivity contribution in [2.45, 2.75) is 96.2 Å². The Bertz CT molecular complexity index is 245. The molecule has 0 radical (unpaired) electrons. The molecule has 0 saturated heterocycles. The van der Waals surface area contributed by atoms with Gasteiger partial charge in [0.1, 0.15) is 0 Å². The van der Waals surface area contributed by atoms with Crippen molar-refractivity contribution in [2.75, 3.05) is 13.2 Å². The zero-order valence-corrected chi connectivity index (χ0v) is 13.8. The van der Waals surface area contributed by atoms with Gasteiger partial charge in [-0.25, -0.2) is 0 Å². The summed E-state index contributed by atoms with van der Waals surface area (Å²) in [5.74, 6) is 0. The normalized spacial score (nSPS) is 27.1. The summed E-state index contributed by atoms with van der Waals surface area (Å²) in [5, 5.41) is 13.3. The van der Waals surface area contributed by atoms with Crippen LogP contribution in [0.3, 0.4) is 0 Å². The van der Waals surface area contributed by atoms with Gasteiger partial charge in [-0.3, -0.25) is 0 Å². The molecule has 2 atom stereocenters. The van der Waals surface area contributed by atoms with Crippen molar-refractivity contribution in [3.8, 4) is 0 Å². The van der Waals surface area contributed by atoms with E-state index in [4.69, 9.17) is 4.74 Å². The van der Waals surface area contributed by atoms with Gasteiger partial charge >= 0.3 is 0 Å². The molecule has 0 heterocycles. The quantitative estimate of drug-likeness (QED) is 0.602. The van der Waals surface area contributed by atoms with Crippen LogP contribution in [0.15, 0.2) is 0 Å². The minimum absolute atomic E-state index is 0.112. The largest absolute Gasteiger partial charge is 0.394 e. The van der Waals surface area contributed by atoms with E-state index >= 15 is 0 Å². The van der Waals surface area contributed by atoms with Crippen molar-refractivity contribution in [1.29, 1.82) is 0 Å². The molecule has 2 N–H and O–H groups in total. The second-order valence-corrected chi connectivity index (χ2v) is 6.74. The molecule has 2 unspecified atom stereocenters. The number of hydrogen-bond acceptors (Lipinski definition) is 3. The van der Waals surface area contributed by atoms with E-state index in [-0.39, 0.29) is 12.1 Å². The van der Waals surface area contributed by atoms with E-state index < -0.39 is 0 Å². The maximum atomic E-state index is 9.76. The van der Waals surface area contributed by atoms with Crippen LogP contribution in [0.25, 0.3) is 0 Å². The molecular weight excluding hydrogens is 250 g/mol. The van der Waals surface area contributed by atoms with E-state index in [0.29, 0.717) is 12.1 Å². The predicted octanol–water partition coefficient (Wildman–Crippen LogP) is 3.65. The zero-order valence-electron chi connectivity index (χ0n) is 13.8. The first-order chi connectivity index (χ1) is 9.62. The third-order valence-corrected chi connectivity index (χ3v) is 4.30. The van der Waals surface area contributed by atoms with E-state index in [1.807, 2.05) is 0 Å². The molecule has 0 bridgehead atoms. The summed E-state index contributed by atoms with van der Waals surface area (Å²) < 4.78 is 6.05. The molecule has 0 spiro atoms. The maximum absolute atomic E-state index is 9.76. The lowest BCUT2D eigenvalue weighted by molar-refractivity contribution is -0.0191. The number of aliphatic hydroxyl groups excluding tert-OH is 1. The minimum atomic E-state index is -0.112. The van der Waals surface area contributed by atoms with Gasteiger partial charge in [0.25, 0.3) is 0 Å². The molecule has 0 aromatic rings. The molecule has 1 aliphatic carbocycles. The van der Waals surface area contributed by atoms with Crippen LogP contribution in [0.5, 0.6) is 0 Å². The van der Waals surface area contributed by atoms with E-state index in [9.17, 15) is 5.11 Å². The number of ether oxygens (including phenoxy) is 1. The van der Waals surface area contributed by atoms with Crippen molar-refractivity contribution < 1.29 is 9.84 Å². The molecule has 1 fully saturated rings. The second kappa shape index (κ2) is 9.75. The fourth-order valence-electron chi connectivity index (χ4n) is 3.34. The molecule has 0 aromatic carbocycles. The monoisotopic (exact) mass is 285 g/mol. The van der Waals surface area contributed by atoms with Gasteiger partial charge in [0.15, 0.2) is 0 Å². The van der Waals surface area contributed by atoms with Crippen LogP contribution in [0.2, 0.25) is 0 Å². The number of aliphatic hydroxyl groups is 1. The van der Waals surface area contributed by atoms with Crippen LogP contribution in [-0.2, 0) is 4.74 Å². The minimum Gasteiger partial charge on any atom is -0.394 e. The topological polar surface area (TPSA) is 41.5 Å². The molecule has 1 rings (SSSR count). The van der Waals surface area contributed by atoms with Crippen LogP contribution < -0.4 is 5.32 Å². The van der Waals surface area contributed by atoms with Crippen molar-refractivity contribution >= 4 is 0 Å². The van der Waals surface area contributed by atoms with E-state index in [1.165, 1.54) is 32.1 Å². The van der Waals surface area contributed by atoms with Gasteiger partial charge < -0.3 is 15.2 Å². The Morgan fingerprint density at radius 3 is 2.65 bits per heavy atom. The first-order valence-electron chi connectivity index (χ1n) is 8.62. The predicted molar refractivity (Wildman–Crippen MR) is 85.1 cm³/mol. The Kier molecular flexibility index (Phi) is 8.74. The summed E-state index contributed by atoms with van der Waals surface area (Å²) in [7, 11) is 0. The SMILES string of the molecule is CCCCCCCOC1CCCC(CO)(NC(C)C)C1. The van der Waals surface area contributed by atoms with Crippen LogP contribution in [0, 0.1) is 0 Å². The zero-order chi connectivity index (χ0) is 14.8. The number of unbranched alkanes of at least 4 members (excludes halogenated alkanes) is 4. The third-order valence-electron chi connectivity index (χ3n) is 4.30. The van der Waals surface area contributed by atoms with E-state index in [0.717, 1.165) is 32.3 Å². The first-order valence-corrected chi connectivity index (χ1v) is 8.62. The molecule has 20 heavy (non-hydrogen) atoms. The van der Waals surface area contributed by atoms with Gasteiger partial charge in [0, 0.05) is 18.2 Å². The Hall–Kier alpha value is -0.120. The van der Waals surface area contributed by atoms with Crippen molar-refractivity contribution in [2.24, 2.45) is 0 Å². The van der Waals surface area contributed by atoms with Gasteiger partial charge in [-0.05, 0) is 32.1 Å². The fraction of sp³-hybridized carbons (Fsp3) is 1.00. The summed E-state index contributed by atoms with van der Waals surface area (Å²) in [5.41, 5.74) is -0.112. The Morgan fingerprint density at radius 1 is 1.25 bits per heavy atom. The summed E-state index contributed by atoms with van der Waals surface area (Å²) in [6.07, 6.45) is 11.1. The number of nitrogens with one attached hydrogen (secondary N) is 1. The average Bonchev–Trinajstić information content (AvgIpc) is 2.42. The second-order valence-electron chi connectivity index (χ2n) is 6.74. The Balaban J connectivity index is 2.25. The van der Waals surface area contributed by atoms with Crippen molar-refractivity contribution in [3.63, 3.8) is 0 Å². The van der Waals surface area contributed by atoms with E-state index in [1.54, 1.807) is 0 Å². The van der Waals surface area contributed by atoms with Gasteiger partial charge in [0.05, 0.1) is 12.7 Å². The van der Waals surface area contributed by atoms with Gasteiger partial charge in [-0.1, -0.05) is 46.5 Å². The van der Waals surface area contributed by atoms with Crippen molar-refractivity contribution in [3.05, 3.63) is 0 Å². The highest BCUT2D eigenvalue weighted by Crippen LogP contribution is 2.30. The summed E-state index contributed by atoms with van der Waals surface area (Å²) in [6, 6.07) is 0.412. The highest BCUT2D eigenvalue weighted by atomic mass is 16.5. The molecule has 3 nitrogen and oxygen atoms in total. The van der Waals surface area contributed by atoms with Crippen LogP contribution >= 0.6 is 0 Å². The highest BCUT2D eigenvalue weighted by Gasteiger charge is 2.36. The van der Waals surface area contributed by atoms with Gasteiger partial charge in [-0.2, -0.15) is 0 Å². The lowest BCUT2D eigenvalue weighted by Gasteiger charge is -2.41. The Labute approximate surface area is 125 Å². The summed E-state index contributed by atoms with van der Waals surface area (Å²) in [4.78, 5) is 0. The summed E-state index contributed by atoms with van der Waals surface area (Å²) in [6.45, 7) is 7.65. The molecule has 0 aromatic heterocycles. The fourth-order valence-corrected chi connectivity index (χ4v) is 3.34. The lowest BCUT2D eigenvalue weighted by atomic mass is 9.80. The van der Waals surface area contributed by atoms with E-state index in [2.05, 4.69) is 26.1 Å². The molecule has 3 heteroatoms. The Morgan fingerprint density at radius 2 is 2.00 bits per heavy atom. The average molecular weight is 285 g/mol. The number of hydrogen-bond donors (Lipinski definition) is 2. The molecule has 0 aliphatic heterocycles. The smallest absolute Gasteiger partial charge is 0.0614 e. The van der Waals surface area contributed by atoms with Crippen LogP contribution in [-0.4, -0.2) is 36.0 Å². The lowest BCUT2D eigenvalue weighted by Crippen LogP contribution is -2.55. The molecule has 1 aliphatic rings. The van der Waals surface area contributed by atoms with Crippen LogP contribution in [0.1, 0.15) is 78.6 Å². The highest BCUT2D eigenvalue weighted by molar-refractivity contribution is 4.94. The maximum Gasteiger partial charge on any atom is 0.0614 e. The molecular formula is C17H35NO2. The first kappa shape index (κ1) is 17.9. The van der Waals surface area contributed by atoms with Gasteiger partial charge in [0.2, 0.25) is 0 Å². The third kappa shape index (κ3) is 6.55. The summed E-state index contributed by atoms with van der Waals surface area (Å²) >= 11 is 0. The number of rotatable bonds is 10. The van der Waals surface area contributed by atoms with Crippen LogP contribution in [0.4, 0.5) is 0 Å².